The second kappa shape index (κ2) is 3.07. The molecule has 52 valence electrons. The molecule has 0 bridgehead atoms. The summed E-state index contributed by atoms with van der Waals surface area (Å²) in [5.41, 5.74) is 1.79. The highest BCUT2D eigenvalue weighted by atomic mass is 32.1. The fraction of sp³-hybridized carbons (Fsp3) is 0. The van der Waals surface area contributed by atoms with Gasteiger partial charge in [-0.15, -0.1) is 16.2 Å². The molecule has 1 aromatic rings. The smallest absolute Gasteiger partial charge is 0.266 e. The van der Waals surface area contributed by atoms with Crippen molar-refractivity contribution in [2.45, 2.75) is 0 Å². The Morgan fingerprint density at radius 3 is 3.00 bits per heavy atom. The molecule has 0 aliphatic carbocycles. The number of nitrogens with zero attached hydrogens (tertiary/aromatic N) is 1. The van der Waals surface area contributed by atoms with Gasteiger partial charge in [-0.3, -0.25) is 4.79 Å². The fourth-order valence-electron chi connectivity index (χ4n) is 0.504. The van der Waals surface area contributed by atoms with Gasteiger partial charge >= 0.3 is 0 Å². The SMILES string of the molecule is O=NNC(=O)c1cccs1. The summed E-state index contributed by atoms with van der Waals surface area (Å²) >= 11 is 1.26. The normalized spacial score (nSPS) is 8.80. The summed E-state index contributed by atoms with van der Waals surface area (Å²) in [6, 6.07) is 3.34. The van der Waals surface area contributed by atoms with E-state index in [9.17, 15) is 9.70 Å². The third-order valence-electron chi connectivity index (χ3n) is 0.892. The van der Waals surface area contributed by atoms with Crippen LogP contribution in [0.2, 0.25) is 0 Å². The van der Waals surface area contributed by atoms with Gasteiger partial charge in [0.05, 0.1) is 10.2 Å². The highest BCUT2D eigenvalue weighted by molar-refractivity contribution is 7.12. The van der Waals surface area contributed by atoms with Crippen LogP contribution in [0.15, 0.2) is 22.8 Å². The average molecular weight is 156 g/mol. The van der Waals surface area contributed by atoms with Crippen molar-refractivity contribution < 1.29 is 4.79 Å². The molecule has 0 aliphatic heterocycles. The van der Waals surface area contributed by atoms with Crippen LogP contribution in [0.1, 0.15) is 9.67 Å². The second-order valence-corrected chi connectivity index (χ2v) is 2.46. The van der Waals surface area contributed by atoms with E-state index in [0.717, 1.165) is 0 Å². The van der Waals surface area contributed by atoms with E-state index in [1.807, 2.05) is 0 Å². The highest BCUT2D eigenvalue weighted by Crippen LogP contribution is 2.07. The van der Waals surface area contributed by atoms with Crippen molar-refractivity contribution in [2.24, 2.45) is 5.29 Å². The van der Waals surface area contributed by atoms with Gasteiger partial charge in [0.2, 0.25) is 0 Å². The molecule has 10 heavy (non-hydrogen) atoms. The van der Waals surface area contributed by atoms with Crippen molar-refractivity contribution in [3.63, 3.8) is 0 Å². The van der Waals surface area contributed by atoms with E-state index in [1.54, 1.807) is 22.9 Å². The average Bonchev–Trinajstić information content (AvgIpc) is 2.38. The van der Waals surface area contributed by atoms with Crippen LogP contribution in [0, 0.1) is 4.91 Å². The van der Waals surface area contributed by atoms with Gasteiger partial charge in [0.15, 0.2) is 0 Å². The van der Waals surface area contributed by atoms with Gasteiger partial charge in [0.1, 0.15) is 0 Å². The zero-order valence-electron chi connectivity index (χ0n) is 4.90. The first-order valence-electron chi connectivity index (χ1n) is 2.51. The number of nitrogens with one attached hydrogen (secondary N) is 1. The number of amides is 1. The maximum Gasteiger partial charge on any atom is 0.284 e. The first kappa shape index (κ1) is 6.88. The number of thiophene rings is 1. The van der Waals surface area contributed by atoms with Crippen LogP contribution in [0.3, 0.4) is 0 Å². The van der Waals surface area contributed by atoms with Crippen LogP contribution in [0.5, 0.6) is 0 Å². The Bertz CT molecular complexity index is 232. The van der Waals surface area contributed by atoms with E-state index in [2.05, 4.69) is 5.29 Å². The van der Waals surface area contributed by atoms with Crippen molar-refractivity contribution in [3.05, 3.63) is 27.3 Å². The number of hydrogen-bond donors (Lipinski definition) is 1. The van der Waals surface area contributed by atoms with Crippen molar-refractivity contribution in [3.8, 4) is 0 Å². The Kier molecular flexibility index (Phi) is 2.11. The molecule has 1 heterocycles. The van der Waals surface area contributed by atoms with E-state index in [4.69, 9.17) is 0 Å². The molecular weight excluding hydrogens is 152 g/mol. The lowest BCUT2D eigenvalue weighted by Gasteiger charge is -1.87. The van der Waals surface area contributed by atoms with Crippen molar-refractivity contribution >= 4 is 17.2 Å². The van der Waals surface area contributed by atoms with Crippen LogP contribution in [-0.4, -0.2) is 5.91 Å². The standard InChI is InChI=1S/C5H4N2O2S/c8-5(6-7-9)4-2-1-3-10-4/h1-3H,(H,6,8,9). The number of nitroso groups, excluding NO2 is 1. The molecule has 1 amide bonds. The number of carbonyl (C=O) groups excluding carboxylic acids is 1. The summed E-state index contributed by atoms with van der Waals surface area (Å²) in [6.45, 7) is 0. The third kappa shape index (κ3) is 1.38. The van der Waals surface area contributed by atoms with Crippen LogP contribution >= 0.6 is 11.3 Å². The lowest BCUT2D eigenvalue weighted by molar-refractivity contribution is 0.0958. The fourth-order valence-corrected chi connectivity index (χ4v) is 1.12. The minimum atomic E-state index is -0.454. The number of carbonyl (C=O) groups is 1. The zero-order chi connectivity index (χ0) is 7.40. The molecule has 0 unspecified atom stereocenters. The van der Waals surface area contributed by atoms with E-state index in [1.165, 1.54) is 11.3 Å². The minimum Gasteiger partial charge on any atom is -0.266 e. The topological polar surface area (TPSA) is 58.5 Å². The monoisotopic (exact) mass is 156 g/mol. The van der Waals surface area contributed by atoms with Gasteiger partial charge < -0.3 is 0 Å². The predicted molar refractivity (Wildman–Crippen MR) is 37.6 cm³/mol. The molecule has 0 aromatic carbocycles. The molecule has 0 spiro atoms. The highest BCUT2D eigenvalue weighted by Gasteiger charge is 2.03. The van der Waals surface area contributed by atoms with E-state index >= 15 is 0 Å². The molecule has 1 N–H and O–H groups in total. The molecule has 1 rings (SSSR count). The Morgan fingerprint density at radius 1 is 1.70 bits per heavy atom. The molecule has 0 atom stereocenters. The molecule has 1 aromatic heterocycles. The van der Waals surface area contributed by atoms with Crippen molar-refractivity contribution in [1.82, 2.24) is 5.43 Å². The summed E-state index contributed by atoms with van der Waals surface area (Å²) in [6.07, 6.45) is 0. The Labute approximate surface area is 60.8 Å². The molecule has 5 heteroatoms. The number of rotatable bonds is 2. The minimum absolute atomic E-state index is 0.454. The summed E-state index contributed by atoms with van der Waals surface area (Å²) < 4.78 is 0. The van der Waals surface area contributed by atoms with Gasteiger partial charge in [-0.05, 0) is 11.4 Å². The van der Waals surface area contributed by atoms with Crippen LogP contribution in [0.25, 0.3) is 0 Å². The molecular formula is C5H4N2O2S. The maximum absolute atomic E-state index is 10.7. The lowest BCUT2D eigenvalue weighted by Crippen LogP contribution is -2.14. The third-order valence-corrected chi connectivity index (χ3v) is 1.76. The molecule has 0 aliphatic rings. The number of hydrogen-bond acceptors (Lipinski definition) is 4. The summed E-state index contributed by atoms with van der Waals surface area (Å²) in [5.74, 6) is -0.454. The van der Waals surface area contributed by atoms with E-state index < -0.39 is 5.91 Å². The van der Waals surface area contributed by atoms with Crippen LogP contribution in [0.4, 0.5) is 0 Å². The largest absolute Gasteiger partial charge is 0.284 e. The van der Waals surface area contributed by atoms with E-state index in [0.29, 0.717) is 4.88 Å². The zero-order valence-corrected chi connectivity index (χ0v) is 5.72. The van der Waals surface area contributed by atoms with Crippen LogP contribution in [-0.2, 0) is 0 Å². The van der Waals surface area contributed by atoms with Gasteiger partial charge in [0.25, 0.3) is 5.91 Å². The maximum atomic E-state index is 10.7. The van der Waals surface area contributed by atoms with Gasteiger partial charge in [-0.2, -0.15) is 0 Å². The quantitative estimate of drug-likeness (QED) is 0.516. The first-order chi connectivity index (χ1) is 4.84. The van der Waals surface area contributed by atoms with Crippen LogP contribution < -0.4 is 5.43 Å². The van der Waals surface area contributed by atoms with Crippen molar-refractivity contribution in [1.29, 1.82) is 0 Å². The summed E-state index contributed by atoms with van der Waals surface area (Å²) in [5, 5.41) is 4.00. The Hall–Kier alpha value is -1.23. The molecule has 0 saturated carbocycles. The predicted octanol–water partition coefficient (Wildman–Crippen LogP) is 1.16. The van der Waals surface area contributed by atoms with Gasteiger partial charge in [0, 0.05) is 0 Å². The van der Waals surface area contributed by atoms with Gasteiger partial charge in [-0.1, -0.05) is 6.07 Å². The van der Waals surface area contributed by atoms with Crippen molar-refractivity contribution in [2.75, 3.05) is 0 Å². The summed E-state index contributed by atoms with van der Waals surface area (Å²) in [7, 11) is 0. The Morgan fingerprint density at radius 2 is 2.50 bits per heavy atom. The first-order valence-corrected chi connectivity index (χ1v) is 3.39. The second-order valence-electron chi connectivity index (χ2n) is 1.51. The van der Waals surface area contributed by atoms with E-state index in [-0.39, 0.29) is 0 Å². The van der Waals surface area contributed by atoms with Gasteiger partial charge in [-0.25, -0.2) is 5.43 Å². The molecule has 4 nitrogen and oxygen atoms in total. The lowest BCUT2D eigenvalue weighted by atomic mass is 10.5. The molecule has 0 fully saturated rings. The molecule has 0 radical (unpaired) electrons. The molecule has 0 saturated heterocycles. The summed E-state index contributed by atoms with van der Waals surface area (Å²) in [4.78, 5) is 20.7. The Balaban J connectivity index is 2.68.